The van der Waals surface area contributed by atoms with Crippen LogP contribution in [0.15, 0.2) is 53.7 Å². The van der Waals surface area contributed by atoms with Crippen molar-refractivity contribution in [2.45, 2.75) is 58.8 Å². The molecule has 0 aromatic heterocycles. The second-order valence-electron chi connectivity index (χ2n) is 9.70. The van der Waals surface area contributed by atoms with E-state index in [-0.39, 0.29) is 29.4 Å². The monoisotopic (exact) mass is 455 g/mol. The average Bonchev–Trinajstić information content (AvgIpc) is 2.66. The highest BCUT2D eigenvalue weighted by molar-refractivity contribution is 6.35. The first-order chi connectivity index (χ1) is 14.6. The van der Waals surface area contributed by atoms with E-state index in [2.05, 4.69) is 39.8 Å². The minimum absolute atomic E-state index is 0.0161. The maximum atomic E-state index is 13.5. The summed E-state index contributed by atoms with van der Waals surface area (Å²) in [6.07, 6.45) is 1.33. The predicted octanol–water partition coefficient (Wildman–Crippen LogP) is 7.28. The molecular formula is C26H27Cl2NO2. The standard InChI is InChI=1S/C26H27Cl2NO2/c1-15(2)16-5-8-18(9-6-16)29-22-13-26(3,4)14-23(30)25(22)20(12-24(29)31)19-10-7-17(27)11-21(19)28/h5-11,15,20H,12-14H2,1-4H3. The second-order valence-corrected chi connectivity index (χ2v) is 10.5. The van der Waals surface area contributed by atoms with Crippen LogP contribution in [-0.4, -0.2) is 11.7 Å². The molecule has 5 heteroatoms. The number of amides is 1. The number of allylic oxidation sites excluding steroid dienone is 2. The highest BCUT2D eigenvalue weighted by atomic mass is 35.5. The molecule has 0 N–H and O–H groups in total. The third-order valence-corrected chi connectivity index (χ3v) is 6.86. The molecule has 0 bridgehead atoms. The number of anilines is 1. The smallest absolute Gasteiger partial charge is 0.232 e. The highest BCUT2D eigenvalue weighted by Gasteiger charge is 2.44. The topological polar surface area (TPSA) is 37.4 Å². The Kier molecular flexibility index (Phi) is 5.78. The number of hydrogen-bond donors (Lipinski definition) is 0. The van der Waals surface area contributed by atoms with Gasteiger partial charge in [0.2, 0.25) is 5.91 Å². The summed E-state index contributed by atoms with van der Waals surface area (Å²) in [6.45, 7) is 8.45. The molecule has 0 fully saturated rings. The Morgan fingerprint density at radius 2 is 1.68 bits per heavy atom. The van der Waals surface area contributed by atoms with Gasteiger partial charge in [-0.3, -0.25) is 14.5 Å². The summed E-state index contributed by atoms with van der Waals surface area (Å²) in [5.41, 5.74) is 4.14. The fraction of sp³-hybridized carbons (Fsp3) is 0.385. The Hall–Kier alpha value is -2.10. The van der Waals surface area contributed by atoms with Gasteiger partial charge in [-0.15, -0.1) is 0 Å². The van der Waals surface area contributed by atoms with Gasteiger partial charge in [-0.25, -0.2) is 0 Å². The molecule has 1 aliphatic heterocycles. The molecule has 2 aromatic carbocycles. The molecular weight excluding hydrogens is 429 g/mol. The molecule has 1 amide bonds. The zero-order valence-electron chi connectivity index (χ0n) is 18.3. The van der Waals surface area contributed by atoms with E-state index in [1.807, 2.05) is 18.2 Å². The lowest BCUT2D eigenvalue weighted by Crippen LogP contribution is -2.43. The van der Waals surface area contributed by atoms with Crippen molar-refractivity contribution in [1.29, 1.82) is 0 Å². The van der Waals surface area contributed by atoms with E-state index in [1.54, 1.807) is 17.0 Å². The summed E-state index contributed by atoms with van der Waals surface area (Å²) >= 11 is 12.6. The minimum atomic E-state index is -0.345. The summed E-state index contributed by atoms with van der Waals surface area (Å²) < 4.78 is 0. The first-order valence-electron chi connectivity index (χ1n) is 10.7. The van der Waals surface area contributed by atoms with Crippen LogP contribution in [0.1, 0.15) is 69.9 Å². The number of halogens is 2. The van der Waals surface area contributed by atoms with Gasteiger partial charge >= 0.3 is 0 Å². The molecule has 2 aliphatic rings. The Bertz CT molecular complexity index is 1080. The van der Waals surface area contributed by atoms with Crippen molar-refractivity contribution in [3.8, 4) is 0 Å². The molecule has 3 nitrogen and oxygen atoms in total. The SMILES string of the molecule is CC(C)c1ccc(N2C(=O)CC(c3ccc(Cl)cc3Cl)C3=C2CC(C)(C)CC3=O)cc1. The second kappa shape index (κ2) is 8.11. The van der Waals surface area contributed by atoms with Crippen molar-refractivity contribution in [2.24, 2.45) is 5.41 Å². The van der Waals surface area contributed by atoms with E-state index in [0.29, 0.717) is 28.8 Å². The first-order valence-corrected chi connectivity index (χ1v) is 11.5. The summed E-state index contributed by atoms with van der Waals surface area (Å²) in [5.74, 6) is 0.144. The van der Waals surface area contributed by atoms with E-state index in [1.165, 1.54) is 5.56 Å². The van der Waals surface area contributed by atoms with Crippen molar-refractivity contribution < 1.29 is 9.59 Å². The molecule has 31 heavy (non-hydrogen) atoms. The van der Waals surface area contributed by atoms with Gasteiger partial charge < -0.3 is 0 Å². The van der Waals surface area contributed by atoms with Crippen molar-refractivity contribution in [2.75, 3.05) is 4.90 Å². The molecule has 0 radical (unpaired) electrons. The summed E-state index contributed by atoms with van der Waals surface area (Å²) in [5, 5.41) is 1.03. The zero-order valence-corrected chi connectivity index (χ0v) is 19.8. The molecule has 0 saturated carbocycles. The lowest BCUT2D eigenvalue weighted by Gasteiger charge is -2.43. The molecule has 1 atom stereocenters. The maximum Gasteiger partial charge on any atom is 0.232 e. The fourth-order valence-electron chi connectivity index (χ4n) is 4.77. The number of hydrogen-bond acceptors (Lipinski definition) is 2. The summed E-state index contributed by atoms with van der Waals surface area (Å²) in [4.78, 5) is 28.6. The average molecular weight is 456 g/mol. The Balaban J connectivity index is 1.87. The number of ketones is 1. The molecule has 162 valence electrons. The number of carbonyl (C=O) groups excluding carboxylic acids is 2. The molecule has 4 rings (SSSR count). The van der Waals surface area contributed by atoms with E-state index in [0.717, 1.165) is 22.5 Å². The molecule has 1 aliphatic carbocycles. The van der Waals surface area contributed by atoms with Crippen LogP contribution in [0.4, 0.5) is 5.69 Å². The lowest BCUT2D eigenvalue weighted by atomic mass is 9.69. The molecule has 1 unspecified atom stereocenters. The van der Waals surface area contributed by atoms with Crippen LogP contribution in [0.5, 0.6) is 0 Å². The van der Waals surface area contributed by atoms with Gasteiger partial charge in [0.25, 0.3) is 0 Å². The third kappa shape index (κ3) is 4.18. The lowest BCUT2D eigenvalue weighted by molar-refractivity contribution is -0.121. The first kappa shape index (κ1) is 22.1. The van der Waals surface area contributed by atoms with Crippen molar-refractivity contribution in [1.82, 2.24) is 0 Å². The normalized spacial score (nSPS) is 21.0. The fourth-order valence-corrected chi connectivity index (χ4v) is 5.31. The third-order valence-electron chi connectivity index (χ3n) is 6.30. The van der Waals surface area contributed by atoms with Gasteiger partial charge in [-0.2, -0.15) is 0 Å². The highest BCUT2D eigenvalue weighted by Crippen LogP contribution is 2.49. The van der Waals surface area contributed by atoms with Crippen LogP contribution in [0.3, 0.4) is 0 Å². The van der Waals surface area contributed by atoms with E-state index < -0.39 is 0 Å². The molecule has 2 aromatic rings. The zero-order chi connectivity index (χ0) is 22.5. The van der Waals surface area contributed by atoms with E-state index >= 15 is 0 Å². The minimum Gasteiger partial charge on any atom is -0.294 e. The van der Waals surface area contributed by atoms with Crippen LogP contribution in [0.2, 0.25) is 10.0 Å². The van der Waals surface area contributed by atoms with Crippen LogP contribution in [0.25, 0.3) is 0 Å². The summed E-state index contributed by atoms with van der Waals surface area (Å²) in [7, 11) is 0. The number of Topliss-reactive ketones (excluding diaryl/α,β-unsaturated/α-hetero) is 1. The Morgan fingerprint density at radius 1 is 1.00 bits per heavy atom. The predicted molar refractivity (Wildman–Crippen MR) is 127 cm³/mol. The molecule has 0 saturated heterocycles. The van der Waals surface area contributed by atoms with Crippen LogP contribution in [0, 0.1) is 5.41 Å². The molecule has 1 heterocycles. The number of rotatable bonds is 3. The maximum absolute atomic E-state index is 13.5. The van der Waals surface area contributed by atoms with Crippen LogP contribution < -0.4 is 4.90 Å². The van der Waals surface area contributed by atoms with E-state index in [9.17, 15) is 9.59 Å². The van der Waals surface area contributed by atoms with Crippen LogP contribution in [-0.2, 0) is 9.59 Å². The van der Waals surface area contributed by atoms with Gasteiger partial charge in [0.05, 0.1) is 0 Å². The number of benzene rings is 2. The van der Waals surface area contributed by atoms with Crippen molar-refractivity contribution in [3.63, 3.8) is 0 Å². The largest absolute Gasteiger partial charge is 0.294 e. The van der Waals surface area contributed by atoms with Crippen molar-refractivity contribution >= 4 is 40.6 Å². The van der Waals surface area contributed by atoms with Crippen molar-refractivity contribution in [3.05, 3.63) is 74.9 Å². The van der Waals surface area contributed by atoms with Gasteiger partial charge in [-0.1, -0.05) is 69.1 Å². The van der Waals surface area contributed by atoms with E-state index in [4.69, 9.17) is 23.2 Å². The Labute approximate surface area is 194 Å². The van der Waals surface area contributed by atoms with Gasteiger partial charge in [0.15, 0.2) is 5.78 Å². The van der Waals surface area contributed by atoms with Crippen LogP contribution >= 0.6 is 23.2 Å². The summed E-state index contributed by atoms with van der Waals surface area (Å²) in [6, 6.07) is 13.4. The molecule has 0 spiro atoms. The Morgan fingerprint density at radius 3 is 2.29 bits per heavy atom. The number of nitrogens with zero attached hydrogens (tertiary/aromatic N) is 1. The van der Waals surface area contributed by atoms with Gasteiger partial charge in [0, 0.05) is 45.8 Å². The quantitative estimate of drug-likeness (QED) is 0.487. The van der Waals surface area contributed by atoms with Gasteiger partial charge in [0.1, 0.15) is 0 Å². The number of carbonyl (C=O) groups is 2. The van der Waals surface area contributed by atoms with Gasteiger partial charge in [-0.05, 0) is 53.1 Å².